The van der Waals surface area contributed by atoms with Crippen molar-refractivity contribution in [3.63, 3.8) is 0 Å². The Hall–Kier alpha value is -0.0800. The number of hydrogen-bond donors (Lipinski definition) is 1. The largest absolute Gasteiger partial charge is 0.329 e. The predicted octanol–water partition coefficient (Wildman–Crippen LogP) is 2.63. The molecule has 1 atom stereocenters. The lowest BCUT2D eigenvalue weighted by Crippen LogP contribution is -2.43. The second-order valence-electron chi connectivity index (χ2n) is 5.04. The molecule has 15 heavy (non-hydrogen) atoms. The van der Waals surface area contributed by atoms with E-state index < -0.39 is 0 Å². The van der Waals surface area contributed by atoms with E-state index in [2.05, 4.69) is 18.9 Å². The molecule has 0 amide bonds. The summed E-state index contributed by atoms with van der Waals surface area (Å²) < 4.78 is 0. The maximum atomic E-state index is 5.92. The number of rotatable bonds is 7. The number of nitrogens with two attached hydrogens (primary N) is 1. The van der Waals surface area contributed by atoms with E-state index in [4.69, 9.17) is 5.73 Å². The van der Waals surface area contributed by atoms with Crippen LogP contribution in [0.15, 0.2) is 0 Å². The number of likely N-dealkylation sites (N-methyl/N-ethyl adjacent to an activating group) is 1. The normalized spacial score (nSPS) is 20.0. The van der Waals surface area contributed by atoms with Crippen LogP contribution >= 0.6 is 0 Å². The van der Waals surface area contributed by atoms with Gasteiger partial charge in [0, 0.05) is 12.6 Å². The van der Waals surface area contributed by atoms with Crippen LogP contribution in [0.5, 0.6) is 0 Å². The highest BCUT2D eigenvalue weighted by molar-refractivity contribution is 4.82. The van der Waals surface area contributed by atoms with Crippen LogP contribution < -0.4 is 5.73 Å². The molecular formula is C13H28N2. The van der Waals surface area contributed by atoms with Crippen molar-refractivity contribution in [2.75, 3.05) is 20.1 Å². The topological polar surface area (TPSA) is 29.3 Å². The Kier molecular flexibility index (Phi) is 6.26. The summed E-state index contributed by atoms with van der Waals surface area (Å²) in [5.74, 6) is 0.877. The fourth-order valence-corrected chi connectivity index (χ4v) is 2.85. The van der Waals surface area contributed by atoms with Crippen molar-refractivity contribution in [3.05, 3.63) is 0 Å². The third-order valence-corrected chi connectivity index (χ3v) is 3.87. The first kappa shape index (κ1) is 13.0. The number of nitrogens with zero attached hydrogens (tertiary/aromatic N) is 1. The van der Waals surface area contributed by atoms with Gasteiger partial charge < -0.3 is 10.6 Å². The zero-order valence-corrected chi connectivity index (χ0v) is 10.5. The van der Waals surface area contributed by atoms with Gasteiger partial charge in [0.1, 0.15) is 0 Å². The van der Waals surface area contributed by atoms with Crippen molar-refractivity contribution < 1.29 is 0 Å². The molecule has 1 fully saturated rings. The maximum absolute atomic E-state index is 5.92. The maximum Gasteiger partial charge on any atom is 0.0243 e. The van der Waals surface area contributed by atoms with Crippen molar-refractivity contribution in [2.45, 2.75) is 57.9 Å². The second-order valence-corrected chi connectivity index (χ2v) is 5.04. The van der Waals surface area contributed by atoms with Crippen molar-refractivity contribution in [1.82, 2.24) is 4.90 Å². The molecule has 0 aromatic heterocycles. The SMILES string of the molecule is CCCCCN(C)C(CN)C1CCCC1. The minimum absolute atomic E-state index is 0.643. The first-order chi connectivity index (χ1) is 7.29. The molecule has 0 bridgehead atoms. The molecule has 0 aliphatic heterocycles. The van der Waals surface area contributed by atoms with Crippen LogP contribution in [-0.2, 0) is 0 Å². The summed E-state index contributed by atoms with van der Waals surface area (Å²) in [6.07, 6.45) is 9.64. The third kappa shape index (κ3) is 4.12. The minimum Gasteiger partial charge on any atom is -0.329 e. The molecule has 1 rings (SSSR count). The summed E-state index contributed by atoms with van der Waals surface area (Å²) in [5, 5.41) is 0. The second kappa shape index (κ2) is 7.24. The Morgan fingerprint density at radius 3 is 2.47 bits per heavy atom. The molecule has 0 saturated heterocycles. The highest BCUT2D eigenvalue weighted by atomic mass is 15.1. The fraction of sp³-hybridized carbons (Fsp3) is 1.00. The molecule has 2 N–H and O–H groups in total. The van der Waals surface area contributed by atoms with Gasteiger partial charge in [0.25, 0.3) is 0 Å². The first-order valence-electron chi connectivity index (χ1n) is 6.70. The van der Waals surface area contributed by atoms with Crippen molar-refractivity contribution in [1.29, 1.82) is 0 Å². The minimum atomic E-state index is 0.643. The molecule has 1 saturated carbocycles. The third-order valence-electron chi connectivity index (χ3n) is 3.87. The van der Waals surface area contributed by atoms with E-state index in [-0.39, 0.29) is 0 Å². The lowest BCUT2D eigenvalue weighted by molar-refractivity contribution is 0.178. The van der Waals surface area contributed by atoms with E-state index in [1.54, 1.807) is 0 Å². The van der Waals surface area contributed by atoms with Gasteiger partial charge in [0.05, 0.1) is 0 Å². The van der Waals surface area contributed by atoms with E-state index in [0.29, 0.717) is 6.04 Å². The molecule has 2 nitrogen and oxygen atoms in total. The molecule has 90 valence electrons. The van der Waals surface area contributed by atoms with Crippen molar-refractivity contribution >= 4 is 0 Å². The Bertz CT molecular complexity index is 153. The van der Waals surface area contributed by atoms with Gasteiger partial charge in [-0.05, 0) is 38.8 Å². The summed E-state index contributed by atoms with van der Waals surface area (Å²) in [6.45, 7) is 4.33. The Balaban J connectivity index is 2.28. The van der Waals surface area contributed by atoms with Crippen LogP contribution in [0.1, 0.15) is 51.9 Å². The zero-order chi connectivity index (χ0) is 11.1. The molecule has 0 heterocycles. The summed E-state index contributed by atoms with van der Waals surface area (Å²) >= 11 is 0. The molecule has 0 aromatic rings. The van der Waals surface area contributed by atoms with Gasteiger partial charge in [-0.2, -0.15) is 0 Å². The number of unbranched alkanes of at least 4 members (excludes halogenated alkanes) is 2. The predicted molar refractivity (Wildman–Crippen MR) is 67.0 cm³/mol. The molecule has 0 spiro atoms. The first-order valence-corrected chi connectivity index (χ1v) is 6.70. The van der Waals surface area contributed by atoms with Crippen LogP contribution in [0, 0.1) is 5.92 Å². The smallest absolute Gasteiger partial charge is 0.0243 e. The molecule has 1 aliphatic rings. The average Bonchev–Trinajstić information content (AvgIpc) is 2.73. The van der Waals surface area contributed by atoms with Crippen LogP contribution in [0.2, 0.25) is 0 Å². The molecular weight excluding hydrogens is 184 g/mol. The molecule has 0 aromatic carbocycles. The van der Waals surface area contributed by atoms with Crippen LogP contribution in [0.4, 0.5) is 0 Å². The van der Waals surface area contributed by atoms with Crippen LogP contribution in [0.25, 0.3) is 0 Å². The standard InChI is InChI=1S/C13H28N2/c1-3-4-7-10-15(2)13(11-14)12-8-5-6-9-12/h12-13H,3-11,14H2,1-2H3. The van der Waals surface area contributed by atoms with Gasteiger partial charge in [-0.1, -0.05) is 32.6 Å². The van der Waals surface area contributed by atoms with Gasteiger partial charge in [0.2, 0.25) is 0 Å². The summed E-state index contributed by atoms with van der Waals surface area (Å²) in [7, 11) is 2.26. The van der Waals surface area contributed by atoms with E-state index in [0.717, 1.165) is 12.5 Å². The lowest BCUT2D eigenvalue weighted by atomic mass is 9.97. The van der Waals surface area contributed by atoms with Crippen LogP contribution in [-0.4, -0.2) is 31.1 Å². The summed E-state index contributed by atoms with van der Waals surface area (Å²) in [5.41, 5.74) is 5.92. The van der Waals surface area contributed by atoms with Gasteiger partial charge in [0.15, 0.2) is 0 Å². The van der Waals surface area contributed by atoms with Crippen molar-refractivity contribution in [2.24, 2.45) is 11.7 Å². The van der Waals surface area contributed by atoms with E-state index in [1.807, 2.05) is 0 Å². The van der Waals surface area contributed by atoms with E-state index in [1.165, 1.54) is 51.5 Å². The summed E-state index contributed by atoms with van der Waals surface area (Å²) in [4.78, 5) is 2.51. The highest BCUT2D eigenvalue weighted by Crippen LogP contribution is 2.29. The Morgan fingerprint density at radius 1 is 1.27 bits per heavy atom. The van der Waals surface area contributed by atoms with Gasteiger partial charge >= 0.3 is 0 Å². The van der Waals surface area contributed by atoms with Gasteiger partial charge in [-0.3, -0.25) is 0 Å². The fourth-order valence-electron chi connectivity index (χ4n) is 2.85. The Labute approximate surface area is 95.2 Å². The van der Waals surface area contributed by atoms with Gasteiger partial charge in [-0.15, -0.1) is 0 Å². The molecule has 0 radical (unpaired) electrons. The lowest BCUT2D eigenvalue weighted by Gasteiger charge is -2.31. The summed E-state index contributed by atoms with van der Waals surface area (Å²) in [6, 6.07) is 0.643. The Morgan fingerprint density at radius 2 is 1.93 bits per heavy atom. The zero-order valence-electron chi connectivity index (χ0n) is 10.5. The van der Waals surface area contributed by atoms with Gasteiger partial charge in [-0.25, -0.2) is 0 Å². The van der Waals surface area contributed by atoms with Crippen molar-refractivity contribution in [3.8, 4) is 0 Å². The highest BCUT2D eigenvalue weighted by Gasteiger charge is 2.26. The number of hydrogen-bond acceptors (Lipinski definition) is 2. The molecule has 1 unspecified atom stereocenters. The van der Waals surface area contributed by atoms with E-state index in [9.17, 15) is 0 Å². The van der Waals surface area contributed by atoms with E-state index >= 15 is 0 Å². The molecule has 2 heteroatoms. The quantitative estimate of drug-likeness (QED) is 0.657. The van der Waals surface area contributed by atoms with Crippen LogP contribution in [0.3, 0.4) is 0 Å². The average molecular weight is 212 g/mol. The molecule has 1 aliphatic carbocycles. The monoisotopic (exact) mass is 212 g/mol.